The van der Waals surface area contributed by atoms with E-state index in [-0.39, 0.29) is 18.8 Å². The van der Waals surface area contributed by atoms with Crippen molar-refractivity contribution in [1.29, 1.82) is 0 Å². The summed E-state index contributed by atoms with van der Waals surface area (Å²) < 4.78 is 26.2. The van der Waals surface area contributed by atoms with Crippen LogP contribution in [0, 0.1) is 0 Å². The van der Waals surface area contributed by atoms with E-state index >= 15 is 0 Å². The Hall–Kier alpha value is -0.620. The molecule has 0 aromatic carbocycles. The van der Waals surface area contributed by atoms with Gasteiger partial charge in [-0.25, -0.2) is 8.78 Å². The number of nitrogens with one attached hydrogen (secondary N) is 1. The molecule has 1 fully saturated rings. The molecule has 0 saturated heterocycles. The molecule has 1 N–H and O–H groups in total. The molecule has 1 aromatic rings. The molecule has 102 valence electrons. The normalized spacial score (nSPS) is 22.8. The van der Waals surface area contributed by atoms with Crippen molar-refractivity contribution in [2.75, 3.05) is 6.54 Å². The fourth-order valence-corrected chi connectivity index (χ4v) is 3.14. The Morgan fingerprint density at radius 1 is 1.44 bits per heavy atom. The van der Waals surface area contributed by atoms with Gasteiger partial charge in [-0.1, -0.05) is 13.8 Å². The van der Waals surface area contributed by atoms with Gasteiger partial charge in [-0.2, -0.15) is 0 Å². The molecule has 1 aromatic heterocycles. The van der Waals surface area contributed by atoms with Crippen LogP contribution in [0.4, 0.5) is 8.78 Å². The molecule has 18 heavy (non-hydrogen) atoms. The van der Waals surface area contributed by atoms with E-state index in [1.165, 1.54) is 11.3 Å². The summed E-state index contributed by atoms with van der Waals surface area (Å²) in [4.78, 5) is 0. The van der Waals surface area contributed by atoms with Crippen LogP contribution in [0.1, 0.15) is 49.0 Å². The smallest absolute Gasteiger partial charge is 0.248 e. The summed E-state index contributed by atoms with van der Waals surface area (Å²) >= 11 is 1.49. The maximum Gasteiger partial charge on any atom is 0.248 e. The molecular formula is C12H19F2N3S. The average Bonchev–Trinajstić information content (AvgIpc) is 2.84. The van der Waals surface area contributed by atoms with Crippen LogP contribution in [0.5, 0.6) is 0 Å². The standard InChI is InChI=1S/C12H19F2N3S/c1-8(2)15-6-4-10-16-17-11(18-10)9-3-5-12(13,14)7-9/h8-9,15H,3-7H2,1-2H3. The van der Waals surface area contributed by atoms with Gasteiger partial charge in [-0.3, -0.25) is 0 Å². The van der Waals surface area contributed by atoms with Crippen LogP contribution in [-0.2, 0) is 6.42 Å². The van der Waals surface area contributed by atoms with E-state index in [4.69, 9.17) is 0 Å². The first-order valence-electron chi connectivity index (χ1n) is 6.40. The van der Waals surface area contributed by atoms with E-state index in [1.807, 2.05) is 0 Å². The van der Waals surface area contributed by atoms with Crippen molar-refractivity contribution >= 4 is 11.3 Å². The van der Waals surface area contributed by atoms with Crippen molar-refractivity contribution < 1.29 is 8.78 Å². The zero-order valence-electron chi connectivity index (χ0n) is 10.7. The second-order valence-electron chi connectivity index (χ2n) is 5.19. The predicted molar refractivity (Wildman–Crippen MR) is 68.3 cm³/mol. The monoisotopic (exact) mass is 275 g/mol. The molecule has 1 unspecified atom stereocenters. The molecule has 1 aliphatic carbocycles. The highest BCUT2D eigenvalue weighted by Gasteiger charge is 2.41. The van der Waals surface area contributed by atoms with Crippen molar-refractivity contribution in [1.82, 2.24) is 15.5 Å². The van der Waals surface area contributed by atoms with Gasteiger partial charge in [0.05, 0.1) is 0 Å². The Balaban J connectivity index is 1.87. The van der Waals surface area contributed by atoms with Crippen LogP contribution < -0.4 is 5.32 Å². The molecule has 1 saturated carbocycles. The molecule has 2 rings (SSSR count). The van der Waals surface area contributed by atoms with Gasteiger partial charge in [0.2, 0.25) is 5.92 Å². The summed E-state index contributed by atoms with van der Waals surface area (Å²) in [5, 5.41) is 13.2. The van der Waals surface area contributed by atoms with E-state index in [1.54, 1.807) is 0 Å². The Morgan fingerprint density at radius 3 is 2.83 bits per heavy atom. The number of alkyl halides is 2. The largest absolute Gasteiger partial charge is 0.314 e. The van der Waals surface area contributed by atoms with Gasteiger partial charge in [0.25, 0.3) is 0 Å². The lowest BCUT2D eigenvalue weighted by molar-refractivity contribution is 0.00775. The SMILES string of the molecule is CC(C)NCCc1nnc(C2CCC(F)(F)C2)s1. The highest BCUT2D eigenvalue weighted by atomic mass is 32.1. The first kappa shape index (κ1) is 13.8. The number of halogens is 2. The van der Waals surface area contributed by atoms with E-state index < -0.39 is 5.92 Å². The highest BCUT2D eigenvalue weighted by molar-refractivity contribution is 7.11. The third-order valence-corrected chi connectivity index (χ3v) is 4.27. The lowest BCUT2D eigenvalue weighted by Gasteiger charge is -2.07. The second-order valence-corrected chi connectivity index (χ2v) is 6.28. The van der Waals surface area contributed by atoms with Crippen LogP contribution in [0.25, 0.3) is 0 Å². The zero-order chi connectivity index (χ0) is 13.2. The minimum atomic E-state index is -2.50. The molecule has 0 amide bonds. The lowest BCUT2D eigenvalue weighted by atomic mass is 10.1. The van der Waals surface area contributed by atoms with Gasteiger partial charge in [-0.15, -0.1) is 21.5 Å². The third-order valence-electron chi connectivity index (χ3n) is 3.13. The third kappa shape index (κ3) is 3.68. The summed E-state index contributed by atoms with van der Waals surface area (Å²) in [5.74, 6) is -2.60. The van der Waals surface area contributed by atoms with Gasteiger partial charge in [0.15, 0.2) is 0 Å². The molecule has 1 atom stereocenters. The number of hydrogen-bond acceptors (Lipinski definition) is 4. The highest BCUT2D eigenvalue weighted by Crippen LogP contribution is 2.44. The maximum absolute atomic E-state index is 13.1. The van der Waals surface area contributed by atoms with Crippen LogP contribution >= 0.6 is 11.3 Å². The number of hydrogen-bond donors (Lipinski definition) is 1. The Kier molecular flexibility index (Phi) is 4.27. The summed E-state index contributed by atoms with van der Waals surface area (Å²) in [6, 6.07) is 0.450. The predicted octanol–water partition coefficient (Wildman–Crippen LogP) is 2.98. The maximum atomic E-state index is 13.1. The lowest BCUT2D eigenvalue weighted by Crippen LogP contribution is -2.24. The topological polar surface area (TPSA) is 37.8 Å². The zero-order valence-corrected chi connectivity index (χ0v) is 11.6. The Morgan fingerprint density at radius 2 is 2.22 bits per heavy atom. The van der Waals surface area contributed by atoms with E-state index in [9.17, 15) is 8.78 Å². The van der Waals surface area contributed by atoms with Gasteiger partial charge >= 0.3 is 0 Å². The van der Waals surface area contributed by atoms with Gasteiger partial charge < -0.3 is 5.32 Å². The molecule has 0 aliphatic heterocycles. The van der Waals surface area contributed by atoms with Crippen molar-refractivity contribution in [2.45, 2.75) is 57.4 Å². The summed E-state index contributed by atoms with van der Waals surface area (Å²) in [6.07, 6.45) is 1.28. The van der Waals surface area contributed by atoms with Crippen molar-refractivity contribution in [3.8, 4) is 0 Å². The summed E-state index contributed by atoms with van der Waals surface area (Å²) in [5.41, 5.74) is 0. The Labute approximate surface area is 110 Å². The molecule has 1 aliphatic rings. The molecule has 0 radical (unpaired) electrons. The first-order valence-corrected chi connectivity index (χ1v) is 7.21. The molecule has 3 nitrogen and oxygen atoms in total. The van der Waals surface area contributed by atoms with Crippen LogP contribution in [0.15, 0.2) is 0 Å². The van der Waals surface area contributed by atoms with Crippen LogP contribution in [0.3, 0.4) is 0 Å². The fraction of sp³-hybridized carbons (Fsp3) is 0.833. The van der Waals surface area contributed by atoms with Crippen molar-refractivity contribution in [3.63, 3.8) is 0 Å². The van der Waals surface area contributed by atoms with Gasteiger partial charge in [0, 0.05) is 37.8 Å². The number of rotatable bonds is 5. The molecule has 0 spiro atoms. The Bertz CT molecular complexity index is 392. The van der Waals surface area contributed by atoms with E-state index in [2.05, 4.69) is 29.4 Å². The van der Waals surface area contributed by atoms with Crippen LogP contribution in [-0.4, -0.2) is 28.7 Å². The number of nitrogens with zero attached hydrogens (tertiary/aromatic N) is 2. The minimum absolute atomic E-state index is 0.0124. The molecule has 6 heteroatoms. The minimum Gasteiger partial charge on any atom is -0.314 e. The van der Waals surface area contributed by atoms with E-state index in [0.29, 0.717) is 12.5 Å². The molecule has 1 heterocycles. The first-order chi connectivity index (χ1) is 8.46. The van der Waals surface area contributed by atoms with Gasteiger partial charge in [0.1, 0.15) is 10.0 Å². The molecular weight excluding hydrogens is 256 g/mol. The van der Waals surface area contributed by atoms with Gasteiger partial charge in [-0.05, 0) is 6.42 Å². The average molecular weight is 275 g/mol. The van der Waals surface area contributed by atoms with Crippen LogP contribution in [0.2, 0.25) is 0 Å². The second kappa shape index (κ2) is 5.57. The summed E-state index contributed by atoms with van der Waals surface area (Å²) in [7, 11) is 0. The summed E-state index contributed by atoms with van der Waals surface area (Å²) in [6.45, 7) is 5.03. The quantitative estimate of drug-likeness (QED) is 0.897. The fourth-order valence-electron chi connectivity index (χ4n) is 2.16. The van der Waals surface area contributed by atoms with E-state index in [0.717, 1.165) is 23.0 Å². The van der Waals surface area contributed by atoms with Crippen molar-refractivity contribution in [3.05, 3.63) is 10.0 Å². The van der Waals surface area contributed by atoms with Crippen molar-refractivity contribution in [2.24, 2.45) is 0 Å². The molecule has 0 bridgehead atoms. The number of aromatic nitrogens is 2.